The Morgan fingerprint density at radius 2 is 1.69 bits per heavy atom. The largest absolute Gasteiger partial charge is 0.444 e. The van der Waals surface area contributed by atoms with E-state index in [-0.39, 0.29) is 6.54 Å². The Bertz CT molecular complexity index is 1310. The number of anilines is 1. The van der Waals surface area contributed by atoms with Crippen molar-refractivity contribution in [3.8, 4) is 0 Å². The molecule has 0 aromatic heterocycles. The summed E-state index contributed by atoms with van der Waals surface area (Å²) in [7, 11) is 0. The molecule has 2 atom stereocenters. The Kier molecular flexibility index (Phi) is 9.84. The molecular weight excluding hydrogens is 494 g/mol. The number of benzene rings is 3. The molecule has 0 fully saturated rings. The maximum atomic E-state index is 13.8. The van der Waals surface area contributed by atoms with Crippen LogP contribution in [0.25, 0.3) is 10.8 Å². The number of fused-ring (bicyclic) bond motifs is 1. The van der Waals surface area contributed by atoms with E-state index in [1.807, 2.05) is 67.6 Å². The summed E-state index contributed by atoms with van der Waals surface area (Å²) < 4.78 is 5.26. The monoisotopic (exact) mass is 531 g/mol. The van der Waals surface area contributed by atoms with Gasteiger partial charge in [0.05, 0.1) is 6.61 Å². The second kappa shape index (κ2) is 13.1. The first-order valence-corrected chi connectivity index (χ1v) is 13.0. The predicted molar refractivity (Wildman–Crippen MR) is 153 cm³/mol. The number of hydrogen-bond donors (Lipinski definition) is 3. The number of aliphatic hydroxyl groups excluding tert-OH is 1. The molecule has 2 unspecified atom stereocenters. The summed E-state index contributed by atoms with van der Waals surface area (Å²) in [6, 6.07) is 18.4. The van der Waals surface area contributed by atoms with Crippen molar-refractivity contribution in [2.45, 2.75) is 51.8 Å². The van der Waals surface area contributed by atoms with Gasteiger partial charge in [-0.15, -0.1) is 6.58 Å². The van der Waals surface area contributed by atoms with Crippen LogP contribution >= 0.6 is 0 Å². The van der Waals surface area contributed by atoms with E-state index in [4.69, 9.17) is 4.74 Å². The van der Waals surface area contributed by atoms with Gasteiger partial charge in [0.25, 0.3) is 5.91 Å². The summed E-state index contributed by atoms with van der Waals surface area (Å²) in [6.07, 6.45) is 1.46. The molecule has 8 heteroatoms. The van der Waals surface area contributed by atoms with E-state index in [1.54, 1.807) is 26.8 Å². The second-order valence-electron chi connectivity index (χ2n) is 10.2. The van der Waals surface area contributed by atoms with Crippen LogP contribution in [0.4, 0.5) is 10.5 Å². The van der Waals surface area contributed by atoms with Crippen molar-refractivity contribution in [3.63, 3.8) is 0 Å². The van der Waals surface area contributed by atoms with Crippen LogP contribution in [0.3, 0.4) is 0 Å². The van der Waals surface area contributed by atoms with Gasteiger partial charge in [-0.1, -0.05) is 67.6 Å². The van der Waals surface area contributed by atoms with Crippen LogP contribution in [0.15, 0.2) is 79.4 Å². The number of rotatable bonds is 10. The van der Waals surface area contributed by atoms with E-state index in [9.17, 15) is 19.5 Å². The molecule has 3 N–H and O–H groups in total. The number of hydrogen-bond acceptors (Lipinski definition) is 5. The quantitative estimate of drug-likeness (QED) is 0.320. The van der Waals surface area contributed by atoms with Crippen LogP contribution in [0.5, 0.6) is 0 Å². The maximum Gasteiger partial charge on any atom is 0.408 e. The highest BCUT2D eigenvalue weighted by Crippen LogP contribution is 2.26. The lowest BCUT2D eigenvalue weighted by atomic mass is 10.00. The van der Waals surface area contributed by atoms with Crippen molar-refractivity contribution >= 4 is 34.4 Å². The van der Waals surface area contributed by atoms with Gasteiger partial charge in [-0.2, -0.15) is 0 Å². The van der Waals surface area contributed by atoms with Crippen molar-refractivity contribution < 1.29 is 24.2 Å². The van der Waals surface area contributed by atoms with Crippen LogP contribution in [-0.2, 0) is 20.7 Å². The zero-order chi connectivity index (χ0) is 28.6. The maximum absolute atomic E-state index is 13.8. The van der Waals surface area contributed by atoms with Crippen molar-refractivity contribution in [1.82, 2.24) is 10.2 Å². The highest BCUT2D eigenvalue weighted by Gasteiger charge is 2.35. The number of aryl methyl sites for hydroxylation is 1. The molecule has 3 rings (SSSR count). The van der Waals surface area contributed by atoms with E-state index in [2.05, 4.69) is 17.2 Å². The molecule has 0 aliphatic heterocycles. The molecular formula is C31H37N3O5. The zero-order valence-corrected chi connectivity index (χ0v) is 22.9. The third-order valence-corrected chi connectivity index (χ3v) is 6.06. The summed E-state index contributed by atoms with van der Waals surface area (Å²) in [5.74, 6) is -1.10. The summed E-state index contributed by atoms with van der Waals surface area (Å²) in [4.78, 5) is 41.2. The third kappa shape index (κ3) is 7.91. The van der Waals surface area contributed by atoms with Crippen molar-refractivity contribution in [1.29, 1.82) is 0 Å². The van der Waals surface area contributed by atoms with E-state index in [0.29, 0.717) is 11.3 Å². The molecule has 3 aromatic carbocycles. The Morgan fingerprint density at radius 3 is 2.28 bits per heavy atom. The Morgan fingerprint density at radius 1 is 1.03 bits per heavy atom. The molecule has 0 saturated heterocycles. The van der Waals surface area contributed by atoms with Gasteiger partial charge in [0.1, 0.15) is 17.7 Å². The minimum atomic E-state index is -1.33. The summed E-state index contributed by atoms with van der Waals surface area (Å²) in [5, 5.41) is 17.4. The van der Waals surface area contributed by atoms with Gasteiger partial charge >= 0.3 is 6.09 Å². The molecule has 0 spiro atoms. The summed E-state index contributed by atoms with van der Waals surface area (Å²) in [6.45, 7) is 10.2. The average molecular weight is 532 g/mol. The fourth-order valence-corrected chi connectivity index (χ4v) is 4.18. The number of aliphatic hydroxyl groups is 1. The van der Waals surface area contributed by atoms with Gasteiger partial charge in [0.2, 0.25) is 5.91 Å². The Hall–Kier alpha value is -4.17. The number of amides is 3. The molecule has 0 bridgehead atoms. The predicted octanol–water partition coefficient (Wildman–Crippen LogP) is 4.98. The molecule has 8 nitrogen and oxygen atoms in total. The molecule has 0 aliphatic carbocycles. The third-order valence-electron chi connectivity index (χ3n) is 6.06. The lowest BCUT2D eigenvalue weighted by molar-refractivity contribution is -0.140. The number of alkyl carbamates (subject to hydrolysis) is 1. The number of nitrogens with zero attached hydrogens (tertiary/aromatic N) is 1. The average Bonchev–Trinajstić information content (AvgIpc) is 2.90. The minimum Gasteiger partial charge on any atom is -0.444 e. The van der Waals surface area contributed by atoms with Crippen molar-refractivity contribution in [3.05, 3.63) is 90.5 Å². The van der Waals surface area contributed by atoms with Gasteiger partial charge < -0.3 is 25.4 Å². The van der Waals surface area contributed by atoms with Gasteiger partial charge in [-0.3, -0.25) is 9.59 Å². The standard InChI is InChI=1S/C31H37N3O5/c1-6-18-34(29(37)26(20-35)33-30(38)39-31(3,4)5)27(23-14-12-21(7-2)13-15-23)28(36)32-25-17-16-22-10-8-9-11-24(22)19-25/h6,8-17,19,26-27,35H,1,7,18,20H2,2-5H3,(H,32,36)(H,33,38). The first kappa shape index (κ1) is 29.4. The molecule has 0 heterocycles. The van der Waals surface area contributed by atoms with Gasteiger partial charge in [-0.05, 0) is 61.2 Å². The van der Waals surface area contributed by atoms with Crippen LogP contribution in [0.2, 0.25) is 0 Å². The lowest BCUT2D eigenvalue weighted by Gasteiger charge is -2.33. The van der Waals surface area contributed by atoms with E-state index >= 15 is 0 Å². The SMILES string of the molecule is C=CCN(C(=O)C(CO)NC(=O)OC(C)(C)C)C(C(=O)Nc1ccc2ccccc2c1)c1ccc(CC)cc1. The molecule has 0 aliphatic rings. The normalized spacial score (nSPS) is 12.7. The first-order valence-electron chi connectivity index (χ1n) is 13.0. The fraction of sp³-hybridized carbons (Fsp3) is 0.323. The van der Waals surface area contributed by atoms with Crippen molar-refractivity contribution in [2.24, 2.45) is 0 Å². The van der Waals surface area contributed by atoms with Crippen LogP contribution in [0.1, 0.15) is 44.9 Å². The second-order valence-corrected chi connectivity index (χ2v) is 10.2. The van der Waals surface area contributed by atoms with Crippen LogP contribution in [0, 0.1) is 0 Å². The number of carbonyl (C=O) groups is 3. The smallest absolute Gasteiger partial charge is 0.408 e. The molecule has 39 heavy (non-hydrogen) atoms. The number of carbonyl (C=O) groups excluding carboxylic acids is 3. The highest BCUT2D eigenvalue weighted by molar-refractivity contribution is 6.00. The topological polar surface area (TPSA) is 108 Å². The van der Waals surface area contributed by atoms with Gasteiger partial charge in [-0.25, -0.2) is 4.79 Å². The van der Waals surface area contributed by atoms with E-state index in [0.717, 1.165) is 22.8 Å². The van der Waals surface area contributed by atoms with Crippen LogP contribution in [-0.4, -0.2) is 52.7 Å². The van der Waals surface area contributed by atoms with Gasteiger partial charge in [0.15, 0.2) is 0 Å². The molecule has 0 saturated carbocycles. The Balaban J connectivity index is 1.97. The fourth-order valence-electron chi connectivity index (χ4n) is 4.18. The molecule has 3 aromatic rings. The van der Waals surface area contributed by atoms with Crippen molar-refractivity contribution in [2.75, 3.05) is 18.5 Å². The van der Waals surface area contributed by atoms with Crippen LogP contribution < -0.4 is 10.6 Å². The van der Waals surface area contributed by atoms with E-state index < -0.39 is 42.2 Å². The number of nitrogens with one attached hydrogen (secondary N) is 2. The van der Waals surface area contributed by atoms with E-state index in [1.165, 1.54) is 11.0 Å². The van der Waals surface area contributed by atoms with Gasteiger partial charge in [0, 0.05) is 12.2 Å². The Labute approximate surface area is 229 Å². The molecule has 3 amide bonds. The number of ether oxygens (including phenoxy) is 1. The highest BCUT2D eigenvalue weighted by atomic mass is 16.6. The molecule has 206 valence electrons. The molecule has 0 radical (unpaired) electrons. The summed E-state index contributed by atoms with van der Waals surface area (Å²) >= 11 is 0. The first-order chi connectivity index (χ1) is 18.6. The lowest BCUT2D eigenvalue weighted by Crippen LogP contribution is -2.53. The minimum absolute atomic E-state index is 0.00331. The zero-order valence-electron chi connectivity index (χ0n) is 22.9. The summed E-state index contributed by atoms with van der Waals surface area (Å²) in [5.41, 5.74) is 1.44.